The Kier molecular flexibility index (Phi) is 5.87. The van der Waals surface area contributed by atoms with Gasteiger partial charge in [0.1, 0.15) is 11.9 Å². The van der Waals surface area contributed by atoms with Gasteiger partial charge >= 0.3 is 5.97 Å². The Balaban J connectivity index is 1.96. The summed E-state index contributed by atoms with van der Waals surface area (Å²) in [4.78, 5) is 22.5. The van der Waals surface area contributed by atoms with Gasteiger partial charge in [-0.2, -0.15) is 0 Å². The Hall–Kier alpha value is -2.92. The zero-order chi connectivity index (χ0) is 17.5. The second-order valence-corrected chi connectivity index (χ2v) is 5.24. The molecule has 5 heteroatoms. The number of ether oxygens (including phenoxy) is 1. The van der Waals surface area contributed by atoms with Crippen LogP contribution in [-0.2, 0) is 16.0 Å². The summed E-state index contributed by atoms with van der Waals surface area (Å²) < 4.78 is 5.17. The zero-order valence-electron chi connectivity index (χ0n) is 13.0. The molecule has 0 fully saturated rings. The molecule has 1 N–H and O–H groups in total. The van der Waals surface area contributed by atoms with Crippen LogP contribution in [0.15, 0.2) is 66.7 Å². The molecule has 24 heavy (non-hydrogen) atoms. The van der Waals surface area contributed by atoms with E-state index in [-0.39, 0.29) is 12.0 Å². The first-order valence-electron chi connectivity index (χ1n) is 7.40. The average molecular weight is 325 g/mol. The standard InChI is InChI=1S/C19H18O5/c1-13(18(22)15-5-3-2-4-6-15)19(23)24-16-10-7-14(8-11-16)9-12-17(20)21/h2-8,10-11,18,22H,1,9,12H2,(H,20,21)/p-1. The van der Waals surface area contributed by atoms with Crippen molar-refractivity contribution in [1.82, 2.24) is 0 Å². The summed E-state index contributed by atoms with van der Waals surface area (Å²) >= 11 is 0. The van der Waals surface area contributed by atoms with Crippen LogP contribution in [0.5, 0.6) is 5.75 Å². The molecule has 0 radical (unpaired) electrons. The van der Waals surface area contributed by atoms with Crippen LogP contribution in [0.2, 0.25) is 0 Å². The molecule has 124 valence electrons. The van der Waals surface area contributed by atoms with Crippen LogP contribution in [-0.4, -0.2) is 17.0 Å². The van der Waals surface area contributed by atoms with Crippen molar-refractivity contribution in [2.75, 3.05) is 0 Å². The summed E-state index contributed by atoms with van der Waals surface area (Å²) in [5, 5.41) is 20.6. The van der Waals surface area contributed by atoms with Crippen LogP contribution >= 0.6 is 0 Å². The average Bonchev–Trinajstić information content (AvgIpc) is 2.60. The smallest absolute Gasteiger partial charge is 0.341 e. The lowest BCUT2D eigenvalue weighted by Crippen LogP contribution is -2.22. The maximum absolute atomic E-state index is 12.1. The highest BCUT2D eigenvalue weighted by atomic mass is 16.5. The van der Waals surface area contributed by atoms with Crippen molar-refractivity contribution in [3.8, 4) is 5.75 Å². The molecule has 0 aromatic heterocycles. The molecule has 0 saturated carbocycles. The summed E-state index contributed by atoms with van der Waals surface area (Å²) in [6.45, 7) is 3.60. The number of carbonyl (C=O) groups is 2. The minimum absolute atomic E-state index is 0.0674. The number of benzene rings is 2. The van der Waals surface area contributed by atoms with E-state index in [9.17, 15) is 19.8 Å². The van der Waals surface area contributed by atoms with Crippen LogP contribution < -0.4 is 9.84 Å². The van der Waals surface area contributed by atoms with Crippen LogP contribution in [0, 0.1) is 0 Å². The maximum Gasteiger partial charge on any atom is 0.341 e. The molecule has 0 saturated heterocycles. The Morgan fingerprint density at radius 1 is 1.08 bits per heavy atom. The molecule has 0 aliphatic rings. The number of hydrogen-bond donors (Lipinski definition) is 1. The molecule has 1 unspecified atom stereocenters. The molecule has 0 amide bonds. The van der Waals surface area contributed by atoms with E-state index in [4.69, 9.17) is 4.74 Å². The van der Waals surface area contributed by atoms with Gasteiger partial charge in [-0.15, -0.1) is 0 Å². The highest BCUT2D eigenvalue weighted by Gasteiger charge is 2.20. The first kappa shape index (κ1) is 17.4. The normalized spacial score (nSPS) is 11.5. The number of esters is 1. The topological polar surface area (TPSA) is 86.7 Å². The number of aliphatic carboxylic acids is 1. The van der Waals surface area contributed by atoms with Crippen LogP contribution in [0.4, 0.5) is 0 Å². The van der Waals surface area contributed by atoms with Crippen molar-refractivity contribution in [3.05, 3.63) is 77.9 Å². The summed E-state index contributed by atoms with van der Waals surface area (Å²) in [5.41, 5.74) is 1.28. The predicted octanol–water partition coefficient (Wildman–Crippen LogP) is 1.56. The van der Waals surface area contributed by atoms with E-state index in [1.54, 1.807) is 54.6 Å². The van der Waals surface area contributed by atoms with Gasteiger partial charge in [0, 0.05) is 5.97 Å². The number of carboxylic acid groups (broad SMARTS) is 1. The molecule has 0 bridgehead atoms. The number of carboxylic acids is 1. The van der Waals surface area contributed by atoms with E-state index < -0.39 is 18.0 Å². The SMILES string of the molecule is C=C(C(=O)Oc1ccc(CCC(=O)[O-])cc1)C(O)c1ccccc1. The van der Waals surface area contributed by atoms with Crippen molar-refractivity contribution < 1.29 is 24.5 Å². The summed E-state index contributed by atoms with van der Waals surface area (Å²) in [5.74, 6) is -1.55. The van der Waals surface area contributed by atoms with Crippen LogP contribution in [0.3, 0.4) is 0 Å². The largest absolute Gasteiger partial charge is 0.550 e. The second kappa shape index (κ2) is 8.08. The van der Waals surface area contributed by atoms with E-state index in [2.05, 4.69) is 6.58 Å². The van der Waals surface area contributed by atoms with Crippen molar-refractivity contribution in [2.45, 2.75) is 18.9 Å². The Morgan fingerprint density at radius 3 is 2.29 bits per heavy atom. The number of aliphatic hydroxyl groups is 1. The van der Waals surface area contributed by atoms with E-state index in [1.807, 2.05) is 0 Å². The van der Waals surface area contributed by atoms with Gasteiger partial charge in [-0.1, -0.05) is 49.0 Å². The zero-order valence-corrected chi connectivity index (χ0v) is 13.0. The van der Waals surface area contributed by atoms with Gasteiger partial charge in [0.05, 0.1) is 5.57 Å². The number of rotatable bonds is 7. The van der Waals surface area contributed by atoms with Gasteiger partial charge in [0.2, 0.25) is 0 Å². The van der Waals surface area contributed by atoms with Crippen LogP contribution in [0.1, 0.15) is 23.7 Å². The van der Waals surface area contributed by atoms with Gasteiger partial charge < -0.3 is 19.7 Å². The quantitative estimate of drug-likeness (QED) is 0.474. The minimum atomic E-state index is -1.14. The van der Waals surface area contributed by atoms with Crippen molar-refractivity contribution >= 4 is 11.9 Å². The first-order chi connectivity index (χ1) is 11.5. The number of aliphatic hydroxyl groups excluding tert-OH is 1. The fourth-order valence-electron chi connectivity index (χ4n) is 2.09. The monoisotopic (exact) mass is 325 g/mol. The molecule has 2 rings (SSSR count). The Labute approximate surface area is 139 Å². The second-order valence-electron chi connectivity index (χ2n) is 5.24. The third kappa shape index (κ3) is 4.79. The van der Waals surface area contributed by atoms with Gasteiger partial charge in [0.25, 0.3) is 0 Å². The summed E-state index contributed by atoms with van der Waals surface area (Å²) in [6.07, 6.45) is -0.865. The Bertz CT molecular complexity index is 719. The van der Waals surface area contributed by atoms with Gasteiger partial charge in [-0.3, -0.25) is 0 Å². The van der Waals surface area contributed by atoms with E-state index in [0.29, 0.717) is 17.7 Å². The summed E-state index contributed by atoms with van der Waals surface area (Å²) in [7, 11) is 0. The van der Waals surface area contributed by atoms with Gasteiger partial charge in [0.15, 0.2) is 0 Å². The molecular weight excluding hydrogens is 308 g/mol. The molecule has 2 aromatic rings. The van der Waals surface area contributed by atoms with Crippen LogP contribution in [0.25, 0.3) is 0 Å². The predicted molar refractivity (Wildman–Crippen MR) is 85.9 cm³/mol. The highest BCUT2D eigenvalue weighted by Crippen LogP contribution is 2.22. The van der Waals surface area contributed by atoms with Gasteiger partial charge in [-0.25, -0.2) is 4.79 Å². The lowest BCUT2D eigenvalue weighted by atomic mass is 10.0. The highest BCUT2D eigenvalue weighted by molar-refractivity contribution is 5.90. The lowest BCUT2D eigenvalue weighted by Gasteiger charge is -2.13. The molecule has 2 aromatic carbocycles. The molecule has 0 heterocycles. The lowest BCUT2D eigenvalue weighted by molar-refractivity contribution is -0.305. The number of hydrogen-bond acceptors (Lipinski definition) is 5. The van der Waals surface area contributed by atoms with Gasteiger partial charge in [-0.05, 0) is 36.1 Å². The van der Waals surface area contributed by atoms with Crippen molar-refractivity contribution in [3.63, 3.8) is 0 Å². The van der Waals surface area contributed by atoms with Crippen molar-refractivity contribution in [1.29, 1.82) is 0 Å². The fraction of sp³-hybridized carbons (Fsp3) is 0.158. The molecular formula is C19H17O5-. The minimum Gasteiger partial charge on any atom is -0.550 e. The molecule has 0 spiro atoms. The first-order valence-corrected chi connectivity index (χ1v) is 7.40. The van der Waals surface area contributed by atoms with Crippen molar-refractivity contribution in [2.24, 2.45) is 0 Å². The van der Waals surface area contributed by atoms with E-state index in [1.165, 1.54) is 0 Å². The molecule has 0 aliphatic carbocycles. The summed E-state index contributed by atoms with van der Waals surface area (Å²) in [6, 6.07) is 15.1. The Morgan fingerprint density at radius 2 is 1.71 bits per heavy atom. The molecule has 5 nitrogen and oxygen atoms in total. The maximum atomic E-state index is 12.1. The van der Waals surface area contributed by atoms with E-state index >= 15 is 0 Å². The number of carbonyl (C=O) groups excluding carboxylic acids is 2. The van der Waals surface area contributed by atoms with E-state index in [0.717, 1.165) is 5.56 Å². The molecule has 0 aliphatic heterocycles. The third-order valence-corrected chi connectivity index (χ3v) is 3.46. The fourth-order valence-corrected chi connectivity index (χ4v) is 2.09. The third-order valence-electron chi connectivity index (χ3n) is 3.46. The number of aryl methyl sites for hydroxylation is 1. The molecule has 1 atom stereocenters.